The second kappa shape index (κ2) is 7.85. The molecule has 4 rings (SSSR count). The standard InChI is InChI=1S/C22H22N2O4S/c1-15(28-20-11-9-16-5-2-3-6-18(16)13-20)22(25)23-24-29(26,27)21-12-10-17-7-4-8-19(17)14-21/h2-3,5-6,9-15,24H,4,7-8H2,1H3,(H,23,25)/t15-/m1/s1. The zero-order chi connectivity index (χ0) is 20.4. The molecule has 150 valence electrons. The van der Waals surface area contributed by atoms with Crippen molar-refractivity contribution in [2.75, 3.05) is 0 Å². The van der Waals surface area contributed by atoms with Crippen molar-refractivity contribution in [3.63, 3.8) is 0 Å². The van der Waals surface area contributed by atoms with Crippen LogP contribution in [-0.2, 0) is 27.7 Å². The average molecular weight is 410 g/mol. The highest BCUT2D eigenvalue weighted by Gasteiger charge is 2.21. The predicted molar refractivity (Wildman–Crippen MR) is 111 cm³/mol. The number of rotatable bonds is 6. The first kappa shape index (κ1) is 19.4. The highest BCUT2D eigenvalue weighted by atomic mass is 32.2. The smallest absolute Gasteiger partial charge is 0.275 e. The van der Waals surface area contributed by atoms with Gasteiger partial charge in [-0.3, -0.25) is 10.2 Å². The Morgan fingerprint density at radius 1 is 0.966 bits per heavy atom. The summed E-state index contributed by atoms with van der Waals surface area (Å²) in [5.41, 5.74) is 4.48. The lowest BCUT2D eigenvalue weighted by atomic mass is 10.1. The number of hydrazine groups is 1. The number of carbonyl (C=O) groups excluding carboxylic acids is 1. The quantitative estimate of drug-likeness (QED) is 0.612. The van der Waals surface area contributed by atoms with Crippen LogP contribution in [0.15, 0.2) is 65.6 Å². The molecule has 0 radical (unpaired) electrons. The van der Waals surface area contributed by atoms with E-state index < -0.39 is 22.0 Å². The SMILES string of the molecule is C[C@@H](Oc1ccc2ccccc2c1)C(=O)NNS(=O)(=O)c1ccc2c(c1)CCC2. The summed E-state index contributed by atoms with van der Waals surface area (Å²) in [4.78, 5) is 14.6. The lowest BCUT2D eigenvalue weighted by Gasteiger charge is -2.16. The van der Waals surface area contributed by atoms with Gasteiger partial charge in [-0.05, 0) is 72.4 Å². The van der Waals surface area contributed by atoms with Gasteiger partial charge in [-0.15, -0.1) is 4.83 Å². The average Bonchev–Trinajstić information content (AvgIpc) is 3.20. The number of hydrogen-bond acceptors (Lipinski definition) is 4. The predicted octanol–water partition coefficient (Wildman–Crippen LogP) is 3.11. The first-order valence-corrected chi connectivity index (χ1v) is 11.0. The molecule has 0 spiro atoms. The van der Waals surface area contributed by atoms with E-state index in [0.717, 1.165) is 35.6 Å². The van der Waals surface area contributed by atoms with Gasteiger partial charge in [0.2, 0.25) is 0 Å². The van der Waals surface area contributed by atoms with E-state index in [1.807, 2.05) is 42.5 Å². The molecule has 1 aliphatic carbocycles. The summed E-state index contributed by atoms with van der Waals surface area (Å²) in [6.45, 7) is 1.56. The van der Waals surface area contributed by atoms with Crippen LogP contribution < -0.4 is 15.0 Å². The number of nitrogens with one attached hydrogen (secondary N) is 2. The molecule has 0 heterocycles. The zero-order valence-corrected chi connectivity index (χ0v) is 16.8. The molecular weight excluding hydrogens is 388 g/mol. The van der Waals surface area contributed by atoms with Gasteiger partial charge in [-0.2, -0.15) is 0 Å². The fraction of sp³-hybridized carbons (Fsp3) is 0.227. The summed E-state index contributed by atoms with van der Waals surface area (Å²) < 4.78 is 30.7. The van der Waals surface area contributed by atoms with Gasteiger partial charge in [0.1, 0.15) is 5.75 Å². The number of carbonyl (C=O) groups is 1. The second-order valence-corrected chi connectivity index (χ2v) is 8.83. The molecule has 0 saturated carbocycles. The van der Waals surface area contributed by atoms with Crippen LogP contribution in [-0.4, -0.2) is 20.4 Å². The molecule has 0 aliphatic heterocycles. The van der Waals surface area contributed by atoms with Gasteiger partial charge < -0.3 is 4.74 Å². The maximum Gasteiger partial charge on any atom is 0.275 e. The Balaban J connectivity index is 1.39. The van der Waals surface area contributed by atoms with Crippen molar-refractivity contribution in [1.29, 1.82) is 0 Å². The number of fused-ring (bicyclic) bond motifs is 2. The van der Waals surface area contributed by atoms with E-state index in [2.05, 4.69) is 10.3 Å². The third-order valence-corrected chi connectivity index (χ3v) is 6.34. The first-order chi connectivity index (χ1) is 13.9. The molecule has 0 bridgehead atoms. The van der Waals surface area contributed by atoms with Crippen LogP contribution in [0, 0.1) is 0 Å². The van der Waals surface area contributed by atoms with Crippen molar-refractivity contribution >= 4 is 26.7 Å². The molecule has 2 N–H and O–H groups in total. The van der Waals surface area contributed by atoms with Crippen LogP contribution >= 0.6 is 0 Å². The van der Waals surface area contributed by atoms with Crippen molar-refractivity contribution in [3.8, 4) is 5.75 Å². The van der Waals surface area contributed by atoms with E-state index in [9.17, 15) is 13.2 Å². The number of ether oxygens (including phenoxy) is 1. The van der Waals surface area contributed by atoms with Crippen LogP contribution in [0.3, 0.4) is 0 Å². The van der Waals surface area contributed by atoms with Gasteiger partial charge >= 0.3 is 0 Å². The Bertz CT molecular complexity index is 1170. The molecule has 6 nitrogen and oxygen atoms in total. The summed E-state index contributed by atoms with van der Waals surface area (Å²) in [5.74, 6) is -0.0456. The van der Waals surface area contributed by atoms with Gasteiger partial charge in [-0.1, -0.05) is 36.4 Å². The van der Waals surface area contributed by atoms with Gasteiger partial charge in [0.15, 0.2) is 6.10 Å². The molecule has 1 atom stereocenters. The third-order valence-electron chi connectivity index (χ3n) is 5.09. The molecule has 29 heavy (non-hydrogen) atoms. The second-order valence-electron chi connectivity index (χ2n) is 7.15. The Morgan fingerprint density at radius 3 is 2.55 bits per heavy atom. The summed E-state index contributed by atoms with van der Waals surface area (Å²) in [6.07, 6.45) is 2.01. The van der Waals surface area contributed by atoms with E-state index in [-0.39, 0.29) is 4.90 Å². The van der Waals surface area contributed by atoms with Gasteiger partial charge in [0.25, 0.3) is 15.9 Å². The minimum atomic E-state index is -3.85. The minimum Gasteiger partial charge on any atom is -0.481 e. The third kappa shape index (κ3) is 4.26. The Kier molecular flexibility index (Phi) is 5.25. The van der Waals surface area contributed by atoms with E-state index >= 15 is 0 Å². The topological polar surface area (TPSA) is 84.5 Å². The molecule has 1 aliphatic rings. The maximum atomic E-state index is 12.5. The van der Waals surface area contributed by atoms with Crippen molar-refractivity contribution in [2.45, 2.75) is 37.2 Å². The monoisotopic (exact) mass is 410 g/mol. The lowest BCUT2D eigenvalue weighted by molar-refractivity contribution is -0.127. The molecule has 0 unspecified atom stereocenters. The van der Waals surface area contributed by atoms with Crippen molar-refractivity contribution < 1.29 is 17.9 Å². The Labute approximate surface area is 169 Å². The minimum absolute atomic E-state index is 0.140. The van der Waals surface area contributed by atoms with Crippen LogP contribution in [0.5, 0.6) is 5.75 Å². The molecule has 1 amide bonds. The van der Waals surface area contributed by atoms with Crippen molar-refractivity contribution in [3.05, 3.63) is 71.8 Å². The molecule has 0 fully saturated rings. The number of sulfonamides is 1. The van der Waals surface area contributed by atoms with E-state index in [1.54, 1.807) is 25.1 Å². The van der Waals surface area contributed by atoms with Crippen LogP contribution in [0.1, 0.15) is 24.5 Å². The van der Waals surface area contributed by atoms with Crippen LogP contribution in [0.2, 0.25) is 0 Å². The fourth-order valence-corrected chi connectivity index (χ4v) is 4.39. The van der Waals surface area contributed by atoms with E-state index in [1.165, 1.54) is 5.56 Å². The lowest BCUT2D eigenvalue weighted by Crippen LogP contribution is -2.47. The number of benzene rings is 3. The molecular formula is C22H22N2O4S. The van der Waals surface area contributed by atoms with Gasteiger partial charge in [0, 0.05) is 0 Å². The summed E-state index contributed by atoms with van der Waals surface area (Å²) in [6, 6.07) is 18.4. The van der Waals surface area contributed by atoms with Gasteiger partial charge in [-0.25, -0.2) is 8.42 Å². The van der Waals surface area contributed by atoms with Crippen molar-refractivity contribution in [1.82, 2.24) is 10.3 Å². The molecule has 0 aromatic heterocycles. The zero-order valence-electron chi connectivity index (χ0n) is 16.0. The highest BCUT2D eigenvalue weighted by Crippen LogP contribution is 2.24. The largest absolute Gasteiger partial charge is 0.481 e. The number of hydrogen-bond donors (Lipinski definition) is 2. The maximum absolute atomic E-state index is 12.5. The van der Waals surface area contributed by atoms with Crippen LogP contribution in [0.4, 0.5) is 0 Å². The summed E-state index contributed by atoms with van der Waals surface area (Å²) in [7, 11) is -3.85. The van der Waals surface area contributed by atoms with Crippen molar-refractivity contribution in [2.24, 2.45) is 0 Å². The number of amides is 1. The fourth-order valence-electron chi connectivity index (χ4n) is 3.49. The highest BCUT2D eigenvalue weighted by molar-refractivity contribution is 7.89. The van der Waals surface area contributed by atoms with E-state index in [0.29, 0.717) is 5.75 Å². The number of aryl methyl sites for hydroxylation is 2. The van der Waals surface area contributed by atoms with Crippen LogP contribution in [0.25, 0.3) is 10.8 Å². The normalized spacial score (nSPS) is 14.4. The summed E-state index contributed by atoms with van der Waals surface area (Å²) >= 11 is 0. The molecule has 3 aromatic rings. The first-order valence-electron chi connectivity index (χ1n) is 9.51. The summed E-state index contributed by atoms with van der Waals surface area (Å²) in [5, 5.41) is 2.06. The Hall–Kier alpha value is -2.90. The molecule has 0 saturated heterocycles. The molecule has 3 aromatic carbocycles. The van der Waals surface area contributed by atoms with E-state index in [4.69, 9.17) is 4.74 Å². The molecule has 7 heteroatoms. The Morgan fingerprint density at radius 2 is 1.72 bits per heavy atom. The van der Waals surface area contributed by atoms with Gasteiger partial charge in [0.05, 0.1) is 4.90 Å².